The smallest absolute Gasteiger partial charge is 0.132 e. The van der Waals surface area contributed by atoms with Crippen molar-refractivity contribution in [2.24, 2.45) is 0 Å². The Labute approximate surface area is 122 Å². The van der Waals surface area contributed by atoms with E-state index in [-0.39, 0.29) is 0 Å². The van der Waals surface area contributed by atoms with Crippen LogP contribution in [0.3, 0.4) is 0 Å². The Morgan fingerprint density at radius 2 is 1.05 bits per heavy atom. The highest BCUT2D eigenvalue weighted by molar-refractivity contribution is 7.61. The largest absolute Gasteiger partial charge is 0.317 e. The molecular formula is C18H23OP. The van der Waals surface area contributed by atoms with E-state index in [1.807, 2.05) is 36.4 Å². The van der Waals surface area contributed by atoms with Gasteiger partial charge in [0.1, 0.15) is 7.80 Å². The van der Waals surface area contributed by atoms with Crippen molar-refractivity contribution >= 4 is 18.4 Å². The molecule has 2 heteroatoms. The molecule has 2 aromatic carbocycles. The Bertz CT molecular complexity index is 561. The standard InChI is InChI=1S/C18H23OP/c1-13(2)15-9-5-7-11-17(15)20(19)18-12-8-6-10-16(18)14(3)4/h5-14,20H,1-4H3. The molecule has 0 N–H and O–H groups in total. The summed E-state index contributed by atoms with van der Waals surface area (Å²) in [4.78, 5) is 0. The first kappa shape index (κ1) is 15.1. The summed E-state index contributed by atoms with van der Waals surface area (Å²) in [6.07, 6.45) is 0. The van der Waals surface area contributed by atoms with Crippen LogP contribution in [0.4, 0.5) is 0 Å². The Kier molecular flexibility index (Phi) is 4.83. The molecule has 0 heterocycles. The lowest BCUT2D eigenvalue weighted by Crippen LogP contribution is -2.16. The van der Waals surface area contributed by atoms with Gasteiger partial charge in [0.05, 0.1) is 0 Å². The zero-order chi connectivity index (χ0) is 14.7. The maximum atomic E-state index is 13.1. The fourth-order valence-electron chi connectivity index (χ4n) is 2.56. The lowest BCUT2D eigenvalue weighted by Gasteiger charge is -2.16. The van der Waals surface area contributed by atoms with Crippen LogP contribution in [0.2, 0.25) is 0 Å². The van der Waals surface area contributed by atoms with Crippen LogP contribution in [0.5, 0.6) is 0 Å². The third-order valence-corrected chi connectivity index (χ3v) is 5.54. The van der Waals surface area contributed by atoms with Gasteiger partial charge >= 0.3 is 0 Å². The lowest BCUT2D eigenvalue weighted by atomic mass is 10.0. The van der Waals surface area contributed by atoms with Crippen LogP contribution in [0.25, 0.3) is 0 Å². The summed E-state index contributed by atoms with van der Waals surface area (Å²) in [6, 6.07) is 16.3. The second-order valence-electron chi connectivity index (χ2n) is 5.81. The Morgan fingerprint density at radius 3 is 1.40 bits per heavy atom. The number of hydrogen-bond donors (Lipinski definition) is 0. The summed E-state index contributed by atoms with van der Waals surface area (Å²) in [5.41, 5.74) is 2.41. The summed E-state index contributed by atoms with van der Waals surface area (Å²) < 4.78 is 13.1. The minimum Gasteiger partial charge on any atom is -0.317 e. The van der Waals surface area contributed by atoms with Crippen molar-refractivity contribution in [3.63, 3.8) is 0 Å². The Hall–Kier alpha value is -1.33. The van der Waals surface area contributed by atoms with Gasteiger partial charge in [0.2, 0.25) is 0 Å². The predicted molar refractivity (Wildman–Crippen MR) is 89.3 cm³/mol. The fourth-order valence-corrected chi connectivity index (χ4v) is 4.61. The summed E-state index contributed by atoms with van der Waals surface area (Å²) in [7, 11) is -1.94. The van der Waals surface area contributed by atoms with Gasteiger partial charge in [0.15, 0.2) is 0 Å². The SMILES string of the molecule is CC(C)c1ccccc1[PH](=O)c1ccccc1C(C)C. The van der Waals surface area contributed by atoms with Crippen LogP contribution in [0.15, 0.2) is 48.5 Å². The molecule has 0 aliphatic heterocycles. The van der Waals surface area contributed by atoms with Gasteiger partial charge in [-0.25, -0.2) is 0 Å². The van der Waals surface area contributed by atoms with Crippen molar-refractivity contribution in [1.29, 1.82) is 0 Å². The van der Waals surface area contributed by atoms with Crippen LogP contribution in [-0.2, 0) is 4.57 Å². The molecule has 2 rings (SSSR count). The van der Waals surface area contributed by atoms with Crippen molar-refractivity contribution in [2.45, 2.75) is 39.5 Å². The van der Waals surface area contributed by atoms with E-state index in [1.165, 1.54) is 11.1 Å². The predicted octanol–water partition coefficient (Wildman–Crippen LogP) is 4.44. The van der Waals surface area contributed by atoms with E-state index in [4.69, 9.17) is 0 Å². The van der Waals surface area contributed by atoms with Crippen LogP contribution < -0.4 is 10.6 Å². The minimum absolute atomic E-state index is 0.395. The Balaban J connectivity index is 2.53. The Morgan fingerprint density at radius 1 is 0.700 bits per heavy atom. The van der Waals surface area contributed by atoms with Crippen molar-refractivity contribution in [3.05, 3.63) is 59.7 Å². The van der Waals surface area contributed by atoms with Gasteiger partial charge in [-0.1, -0.05) is 76.2 Å². The van der Waals surface area contributed by atoms with E-state index in [0.29, 0.717) is 11.8 Å². The molecule has 0 aromatic heterocycles. The van der Waals surface area contributed by atoms with E-state index in [2.05, 4.69) is 39.8 Å². The maximum Gasteiger partial charge on any atom is 0.132 e. The first-order valence-corrected chi connectivity index (χ1v) is 8.65. The van der Waals surface area contributed by atoms with Gasteiger partial charge in [-0.2, -0.15) is 0 Å². The highest BCUT2D eigenvalue weighted by Crippen LogP contribution is 2.29. The molecule has 0 spiro atoms. The monoisotopic (exact) mass is 286 g/mol. The van der Waals surface area contributed by atoms with Crippen molar-refractivity contribution in [2.75, 3.05) is 0 Å². The van der Waals surface area contributed by atoms with Crippen LogP contribution in [0.1, 0.15) is 50.7 Å². The average molecular weight is 286 g/mol. The molecule has 0 saturated carbocycles. The van der Waals surface area contributed by atoms with Crippen molar-refractivity contribution in [3.8, 4) is 0 Å². The third-order valence-electron chi connectivity index (χ3n) is 3.65. The highest BCUT2D eigenvalue weighted by Gasteiger charge is 2.17. The molecule has 0 bridgehead atoms. The summed E-state index contributed by atoms with van der Waals surface area (Å²) in [5.74, 6) is 0.790. The maximum absolute atomic E-state index is 13.1. The highest BCUT2D eigenvalue weighted by atomic mass is 31.1. The molecular weight excluding hydrogens is 263 g/mol. The molecule has 0 amide bonds. The third kappa shape index (κ3) is 3.04. The van der Waals surface area contributed by atoms with Gasteiger partial charge in [-0.3, -0.25) is 0 Å². The number of benzene rings is 2. The van der Waals surface area contributed by atoms with E-state index >= 15 is 0 Å². The van der Waals surface area contributed by atoms with Crippen molar-refractivity contribution in [1.82, 2.24) is 0 Å². The van der Waals surface area contributed by atoms with Gasteiger partial charge in [-0.15, -0.1) is 0 Å². The number of rotatable bonds is 4. The summed E-state index contributed by atoms with van der Waals surface area (Å²) in [5, 5.41) is 2.03. The first-order valence-electron chi connectivity index (χ1n) is 7.25. The molecule has 106 valence electrons. The molecule has 0 aliphatic rings. The summed E-state index contributed by atoms with van der Waals surface area (Å²) in [6.45, 7) is 8.62. The van der Waals surface area contributed by atoms with E-state index < -0.39 is 7.80 Å². The van der Waals surface area contributed by atoms with Crippen molar-refractivity contribution < 1.29 is 4.57 Å². The normalized spacial score (nSPS) is 11.6. The lowest BCUT2D eigenvalue weighted by molar-refractivity contribution is 0.597. The quantitative estimate of drug-likeness (QED) is 0.759. The molecule has 0 atom stereocenters. The van der Waals surface area contributed by atoms with E-state index in [1.54, 1.807) is 0 Å². The van der Waals surface area contributed by atoms with Gasteiger partial charge in [-0.05, 0) is 23.0 Å². The van der Waals surface area contributed by atoms with Crippen LogP contribution >= 0.6 is 7.80 Å². The summed E-state index contributed by atoms with van der Waals surface area (Å²) >= 11 is 0. The van der Waals surface area contributed by atoms with Crippen LogP contribution in [-0.4, -0.2) is 0 Å². The zero-order valence-corrected chi connectivity index (χ0v) is 13.7. The van der Waals surface area contributed by atoms with Gasteiger partial charge in [0.25, 0.3) is 0 Å². The second kappa shape index (κ2) is 6.41. The molecule has 0 unspecified atom stereocenters. The molecule has 20 heavy (non-hydrogen) atoms. The number of hydrogen-bond acceptors (Lipinski definition) is 1. The zero-order valence-electron chi connectivity index (χ0n) is 12.7. The molecule has 1 nitrogen and oxygen atoms in total. The molecule has 2 aromatic rings. The topological polar surface area (TPSA) is 17.1 Å². The minimum atomic E-state index is -1.94. The average Bonchev–Trinajstić information content (AvgIpc) is 2.46. The second-order valence-corrected chi connectivity index (χ2v) is 7.55. The molecule has 0 radical (unpaired) electrons. The molecule has 0 fully saturated rings. The first-order chi connectivity index (χ1) is 9.52. The van der Waals surface area contributed by atoms with E-state index in [9.17, 15) is 4.57 Å². The van der Waals surface area contributed by atoms with Gasteiger partial charge < -0.3 is 4.57 Å². The van der Waals surface area contributed by atoms with E-state index in [0.717, 1.165) is 10.6 Å². The molecule has 0 saturated heterocycles. The van der Waals surface area contributed by atoms with Gasteiger partial charge in [0, 0.05) is 10.6 Å². The van der Waals surface area contributed by atoms with Crippen LogP contribution in [0, 0.1) is 0 Å². The molecule has 0 aliphatic carbocycles. The fraction of sp³-hybridized carbons (Fsp3) is 0.333.